The molecule has 0 N–H and O–H groups in total. The zero-order valence-electron chi connectivity index (χ0n) is 19.7. The first kappa shape index (κ1) is 23.8. The minimum absolute atomic E-state index is 0.0681. The number of carbonyl (C=O) groups is 1. The van der Waals surface area contributed by atoms with E-state index in [4.69, 9.17) is 16.6 Å². The Labute approximate surface area is 213 Å². The van der Waals surface area contributed by atoms with E-state index in [1.54, 1.807) is 36.9 Å². The van der Waals surface area contributed by atoms with Gasteiger partial charge in [-0.3, -0.25) is 19.8 Å². The van der Waals surface area contributed by atoms with Crippen molar-refractivity contribution in [2.45, 2.75) is 13.3 Å². The number of carbonyl (C=O) groups excluding carboxylic acids is 1. The van der Waals surface area contributed by atoms with Gasteiger partial charge in [-0.2, -0.15) is 0 Å². The van der Waals surface area contributed by atoms with Crippen molar-refractivity contribution in [2.24, 2.45) is 4.99 Å². The van der Waals surface area contributed by atoms with E-state index in [1.165, 1.54) is 12.1 Å². The summed E-state index contributed by atoms with van der Waals surface area (Å²) in [5, 5.41) is 0.439. The van der Waals surface area contributed by atoms with Crippen molar-refractivity contribution in [3.63, 3.8) is 0 Å². The van der Waals surface area contributed by atoms with Gasteiger partial charge < -0.3 is 9.80 Å². The smallest absolute Gasteiger partial charge is 0.272 e. The van der Waals surface area contributed by atoms with Crippen LogP contribution in [0.3, 0.4) is 0 Å². The molecule has 2 aliphatic rings. The van der Waals surface area contributed by atoms with Crippen molar-refractivity contribution in [1.29, 1.82) is 0 Å². The van der Waals surface area contributed by atoms with E-state index in [0.717, 1.165) is 5.56 Å². The third kappa shape index (κ3) is 4.90. The maximum absolute atomic E-state index is 14.0. The fourth-order valence-electron chi connectivity index (χ4n) is 4.29. The van der Waals surface area contributed by atoms with Gasteiger partial charge in [0.15, 0.2) is 0 Å². The van der Waals surface area contributed by atoms with E-state index in [2.05, 4.69) is 19.9 Å². The van der Waals surface area contributed by atoms with Crippen LogP contribution in [0.25, 0.3) is 16.8 Å². The SMILES string of the molecule is Cc1cccnc1C(=O)N1CCN(c2cnc(-c3cccc(F)c3)c(C3=CCC=NC=C3Cl)n2)CC1. The lowest BCUT2D eigenvalue weighted by Gasteiger charge is -2.35. The highest BCUT2D eigenvalue weighted by Crippen LogP contribution is 2.34. The molecule has 36 heavy (non-hydrogen) atoms. The quantitative estimate of drug-likeness (QED) is 0.508. The number of pyridine rings is 1. The summed E-state index contributed by atoms with van der Waals surface area (Å²) in [6.45, 7) is 4.15. The molecule has 4 heterocycles. The Kier molecular flexibility index (Phi) is 6.86. The molecule has 9 heteroatoms. The summed E-state index contributed by atoms with van der Waals surface area (Å²) in [4.78, 5) is 34.9. The fraction of sp³-hybridized carbons (Fsp3) is 0.222. The Balaban J connectivity index is 1.43. The molecule has 2 aliphatic heterocycles. The number of aryl methyl sites for hydroxylation is 1. The number of benzene rings is 1. The first-order chi connectivity index (χ1) is 17.5. The maximum atomic E-state index is 14.0. The topological polar surface area (TPSA) is 74.6 Å². The Bertz CT molecular complexity index is 1390. The molecule has 1 aromatic carbocycles. The molecule has 1 saturated heterocycles. The fourth-order valence-corrected chi connectivity index (χ4v) is 4.51. The van der Waals surface area contributed by atoms with Gasteiger partial charge in [0.1, 0.15) is 23.0 Å². The van der Waals surface area contributed by atoms with Crippen LogP contribution in [-0.4, -0.2) is 58.2 Å². The Morgan fingerprint density at radius 3 is 2.67 bits per heavy atom. The van der Waals surface area contributed by atoms with Crippen molar-refractivity contribution in [1.82, 2.24) is 19.9 Å². The number of nitrogens with zero attached hydrogens (tertiary/aromatic N) is 6. The zero-order chi connectivity index (χ0) is 25.1. The van der Waals surface area contributed by atoms with Gasteiger partial charge in [0, 0.05) is 62.3 Å². The highest BCUT2D eigenvalue weighted by atomic mass is 35.5. The summed E-state index contributed by atoms with van der Waals surface area (Å²) in [5.74, 6) is 0.247. The van der Waals surface area contributed by atoms with Crippen molar-refractivity contribution < 1.29 is 9.18 Å². The summed E-state index contributed by atoms with van der Waals surface area (Å²) in [7, 11) is 0. The number of hydrogen-bond acceptors (Lipinski definition) is 6. The lowest BCUT2D eigenvalue weighted by Crippen LogP contribution is -2.49. The van der Waals surface area contributed by atoms with Gasteiger partial charge in [-0.25, -0.2) is 9.37 Å². The molecule has 0 atom stereocenters. The summed E-state index contributed by atoms with van der Waals surface area (Å²) < 4.78 is 14.0. The number of aliphatic imine (C=N–C) groups is 1. The molecule has 182 valence electrons. The lowest BCUT2D eigenvalue weighted by molar-refractivity contribution is 0.0740. The zero-order valence-corrected chi connectivity index (χ0v) is 20.5. The number of rotatable bonds is 4. The minimum atomic E-state index is -0.354. The second kappa shape index (κ2) is 10.4. The number of amides is 1. The molecule has 5 rings (SSSR count). The van der Waals surface area contributed by atoms with Gasteiger partial charge >= 0.3 is 0 Å². The second-order valence-electron chi connectivity index (χ2n) is 8.55. The van der Waals surface area contributed by atoms with Gasteiger partial charge in [0.2, 0.25) is 0 Å². The van der Waals surface area contributed by atoms with Gasteiger partial charge in [-0.15, -0.1) is 0 Å². The Hall–Kier alpha value is -3.91. The number of piperazine rings is 1. The predicted octanol–water partition coefficient (Wildman–Crippen LogP) is 4.89. The van der Waals surface area contributed by atoms with E-state index < -0.39 is 0 Å². The van der Waals surface area contributed by atoms with Crippen LogP contribution in [0.5, 0.6) is 0 Å². The summed E-state index contributed by atoms with van der Waals surface area (Å²) in [6, 6.07) is 9.98. The highest BCUT2D eigenvalue weighted by Gasteiger charge is 2.26. The molecule has 0 unspecified atom stereocenters. The molecule has 7 nitrogen and oxygen atoms in total. The van der Waals surface area contributed by atoms with Crippen molar-refractivity contribution in [3.05, 3.63) is 88.9 Å². The number of allylic oxidation sites excluding steroid dienone is 3. The van der Waals surface area contributed by atoms with Crippen LogP contribution < -0.4 is 4.90 Å². The lowest BCUT2D eigenvalue weighted by atomic mass is 10.0. The van der Waals surface area contributed by atoms with E-state index in [9.17, 15) is 9.18 Å². The van der Waals surface area contributed by atoms with E-state index in [0.29, 0.717) is 71.7 Å². The molecular formula is C27H24ClFN6O. The van der Waals surface area contributed by atoms with Crippen LogP contribution in [-0.2, 0) is 0 Å². The highest BCUT2D eigenvalue weighted by molar-refractivity contribution is 6.37. The molecule has 0 saturated carbocycles. The van der Waals surface area contributed by atoms with Crippen LogP contribution in [0.15, 0.2) is 71.1 Å². The average molecular weight is 503 g/mol. The van der Waals surface area contributed by atoms with Crippen molar-refractivity contribution in [2.75, 3.05) is 31.1 Å². The van der Waals surface area contributed by atoms with E-state index >= 15 is 0 Å². The van der Waals surface area contributed by atoms with Gasteiger partial charge in [-0.1, -0.05) is 35.9 Å². The first-order valence-electron chi connectivity index (χ1n) is 11.7. The molecule has 0 bridgehead atoms. The van der Waals surface area contributed by atoms with E-state index in [1.807, 2.05) is 30.0 Å². The van der Waals surface area contributed by atoms with Crippen LogP contribution in [0, 0.1) is 12.7 Å². The molecule has 1 fully saturated rings. The largest absolute Gasteiger partial charge is 0.352 e. The maximum Gasteiger partial charge on any atom is 0.272 e. The summed E-state index contributed by atoms with van der Waals surface area (Å²) >= 11 is 6.55. The molecule has 0 aliphatic carbocycles. The third-order valence-electron chi connectivity index (χ3n) is 6.19. The molecule has 0 spiro atoms. The average Bonchev–Trinajstić information content (AvgIpc) is 3.12. The van der Waals surface area contributed by atoms with Crippen molar-refractivity contribution >= 4 is 35.1 Å². The molecular weight excluding hydrogens is 479 g/mol. The monoisotopic (exact) mass is 502 g/mol. The number of hydrogen-bond donors (Lipinski definition) is 0. The molecule has 0 radical (unpaired) electrons. The molecule has 3 aromatic rings. The normalized spacial score (nSPS) is 15.9. The van der Waals surface area contributed by atoms with E-state index in [-0.39, 0.29) is 11.7 Å². The van der Waals surface area contributed by atoms with Crippen molar-refractivity contribution in [3.8, 4) is 11.3 Å². The molecule has 1 amide bonds. The first-order valence-corrected chi connectivity index (χ1v) is 12.1. The number of anilines is 1. The molecule has 2 aromatic heterocycles. The Morgan fingerprint density at radius 1 is 1.06 bits per heavy atom. The minimum Gasteiger partial charge on any atom is -0.352 e. The number of aromatic nitrogens is 3. The van der Waals surface area contributed by atoms with Gasteiger partial charge in [-0.05, 0) is 30.7 Å². The van der Waals surface area contributed by atoms with Gasteiger partial charge in [0.25, 0.3) is 5.91 Å². The second-order valence-corrected chi connectivity index (χ2v) is 8.95. The third-order valence-corrected chi connectivity index (χ3v) is 6.50. The standard InChI is InChI=1S/C27H24ClFN6O/c1-18-5-3-10-31-24(18)27(36)35-13-11-34(12-14-35)23-17-32-25(19-6-2-7-20(29)15-19)26(33-23)21-8-4-9-30-16-22(21)28/h2-3,5-10,15-17H,4,11-14H2,1H3. The van der Waals surface area contributed by atoms with Gasteiger partial charge in [0.05, 0.1) is 16.9 Å². The van der Waals surface area contributed by atoms with Crippen LogP contribution >= 0.6 is 11.6 Å². The van der Waals surface area contributed by atoms with Crippen LogP contribution in [0.2, 0.25) is 0 Å². The number of halogens is 2. The predicted molar refractivity (Wildman–Crippen MR) is 140 cm³/mol. The summed E-state index contributed by atoms with van der Waals surface area (Å²) in [6.07, 6.45) is 9.19. The van der Waals surface area contributed by atoms with Crippen LogP contribution in [0.4, 0.5) is 10.2 Å². The Morgan fingerprint density at radius 2 is 1.89 bits per heavy atom. The van der Waals surface area contributed by atoms with Crippen LogP contribution in [0.1, 0.15) is 28.2 Å². The summed E-state index contributed by atoms with van der Waals surface area (Å²) in [5.41, 5.74) is 3.75.